The quantitative estimate of drug-likeness (QED) is 0.816. The van der Waals surface area contributed by atoms with Gasteiger partial charge in [0.05, 0.1) is 12.4 Å². The van der Waals surface area contributed by atoms with Crippen molar-refractivity contribution < 1.29 is 4.74 Å². The summed E-state index contributed by atoms with van der Waals surface area (Å²) in [6.07, 6.45) is 3.29. The molecule has 0 radical (unpaired) electrons. The SMILES string of the molecule is Cc1cc(C(N)=S)nc(Oc2cnn(C)c2)n1. The van der Waals surface area contributed by atoms with Gasteiger partial charge < -0.3 is 10.5 Å². The van der Waals surface area contributed by atoms with Crippen LogP contribution in [0.3, 0.4) is 0 Å². The predicted octanol–water partition coefficient (Wildman–Crippen LogP) is 0.945. The molecular formula is C10H11N5OS. The number of aromatic nitrogens is 4. The molecule has 0 bridgehead atoms. The molecule has 2 aromatic rings. The van der Waals surface area contributed by atoms with Gasteiger partial charge in [0.25, 0.3) is 0 Å². The molecule has 7 heteroatoms. The normalized spacial score (nSPS) is 10.2. The maximum Gasteiger partial charge on any atom is 0.322 e. The van der Waals surface area contributed by atoms with E-state index in [2.05, 4.69) is 15.1 Å². The summed E-state index contributed by atoms with van der Waals surface area (Å²) in [6, 6.07) is 1.92. The van der Waals surface area contributed by atoms with E-state index in [1.165, 1.54) is 0 Å². The van der Waals surface area contributed by atoms with Crippen molar-refractivity contribution in [2.75, 3.05) is 0 Å². The van der Waals surface area contributed by atoms with Crippen molar-refractivity contribution in [1.29, 1.82) is 0 Å². The Labute approximate surface area is 103 Å². The molecule has 0 fully saturated rings. The minimum Gasteiger partial charge on any atom is -0.421 e. The zero-order valence-electron chi connectivity index (χ0n) is 9.41. The molecule has 0 spiro atoms. The fourth-order valence-electron chi connectivity index (χ4n) is 1.27. The van der Waals surface area contributed by atoms with E-state index in [9.17, 15) is 0 Å². The molecule has 0 saturated carbocycles. The molecule has 0 unspecified atom stereocenters. The molecule has 0 aliphatic carbocycles. The molecule has 2 aromatic heterocycles. The lowest BCUT2D eigenvalue weighted by Gasteiger charge is -2.04. The summed E-state index contributed by atoms with van der Waals surface area (Å²) in [5.41, 5.74) is 6.75. The highest BCUT2D eigenvalue weighted by Crippen LogP contribution is 2.16. The van der Waals surface area contributed by atoms with Crippen molar-refractivity contribution in [1.82, 2.24) is 19.7 Å². The van der Waals surface area contributed by atoms with Crippen LogP contribution >= 0.6 is 12.2 Å². The molecule has 2 rings (SSSR count). The van der Waals surface area contributed by atoms with E-state index in [-0.39, 0.29) is 11.0 Å². The first kappa shape index (κ1) is 11.5. The number of nitrogens with zero attached hydrogens (tertiary/aromatic N) is 4. The van der Waals surface area contributed by atoms with Crippen LogP contribution in [-0.2, 0) is 7.05 Å². The topological polar surface area (TPSA) is 78.9 Å². The minimum atomic E-state index is 0.209. The maximum absolute atomic E-state index is 5.52. The summed E-state index contributed by atoms with van der Waals surface area (Å²) in [5, 5.41) is 3.98. The number of nitrogens with two attached hydrogens (primary N) is 1. The fourth-order valence-corrected chi connectivity index (χ4v) is 1.37. The van der Waals surface area contributed by atoms with E-state index >= 15 is 0 Å². The van der Waals surface area contributed by atoms with Crippen LogP contribution in [0.4, 0.5) is 0 Å². The Bertz CT molecular complexity index is 566. The standard InChI is InChI=1S/C10H11N5OS/c1-6-3-8(9(11)17)14-10(13-6)16-7-4-12-15(2)5-7/h3-5H,1-2H3,(H2,11,17). The highest BCUT2D eigenvalue weighted by atomic mass is 32.1. The smallest absolute Gasteiger partial charge is 0.322 e. The Kier molecular flexibility index (Phi) is 3.01. The second kappa shape index (κ2) is 4.46. The van der Waals surface area contributed by atoms with Crippen molar-refractivity contribution >= 4 is 17.2 Å². The predicted molar refractivity (Wildman–Crippen MR) is 65.9 cm³/mol. The summed E-state index contributed by atoms with van der Waals surface area (Å²) in [6.45, 7) is 1.82. The monoisotopic (exact) mass is 249 g/mol. The van der Waals surface area contributed by atoms with Crippen molar-refractivity contribution in [2.45, 2.75) is 6.92 Å². The van der Waals surface area contributed by atoms with Gasteiger partial charge in [0.1, 0.15) is 10.7 Å². The molecule has 0 aromatic carbocycles. The Hall–Kier alpha value is -2.02. The van der Waals surface area contributed by atoms with Crippen LogP contribution in [0.5, 0.6) is 11.8 Å². The largest absolute Gasteiger partial charge is 0.421 e. The van der Waals surface area contributed by atoms with Crippen LogP contribution in [-0.4, -0.2) is 24.7 Å². The van der Waals surface area contributed by atoms with Gasteiger partial charge in [0, 0.05) is 12.7 Å². The van der Waals surface area contributed by atoms with E-state index in [1.807, 2.05) is 6.92 Å². The van der Waals surface area contributed by atoms with Crippen LogP contribution in [0.2, 0.25) is 0 Å². The summed E-state index contributed by atoms with van der Waals surface area (Å²) in [7, 11) is 1.80. The Morgan fingerprint density at radius 1 is 1.47 bits per heavy atom. The molecule has 0 aliphatic rings. The third kappa shape index (κ3) is 2.76. The van der Waals surface area contributed by atoms with Gasteiger partial charge in [-0.1, -0.05) is 12.2 Å². The highest BCUT2D eigenvalue weighted by Gasteiger charge is 2.07. The average Bonchev–Trinajstić information content (AvgIpc) is 2.63. The number of rotatable bonds is 3. The highest BCUT2D eigenvalue weighted by molar-refractivity contribution is 7.80. The van der Waals surface area contributed by atoms with Gasteiger partial charge in [-0.15, -0.1) is 0 Å². The second-order valence-electron chi connectivity index (χ2n) is 3.49. The van der Waals surface area contributed by atoms with Crippen LogP contribution in [0, 0.1) is 6.92 Å². The van der Waals surface area contributed by atoms with Gasteiger partial charge >= 0.3 is 6.01 Å². The lowest BCUT2D eigenvalue weighted by molar-refractivity contribution is 0.439. The van der Waals surface area contributed by atoms with Gasteiger partial charge in [0.2, 0.25) is 0 Å². The van der Waals surface area contributed by atoms with Gasteiger partial charge in [0.15, 0.2) is 5.75 Å². The molecule has 0 amide bonds. The molecule has 17 heavy (non-hydrogen) atoms. The minimum absolute atomic E-state index is 0.209. The maximum atomic E-state index is 5.52. The van der Waals surface area contributed by atoms with Crippen LogP contribution in [0.15, 0.2) is 18.5 Å². The van der Waals surface area contributed by atoms with E-state index in [0.717, 1.165) is 5.69 Å². The zero-order chi connectivity index (χ0) is 12.4. The fraction of sp³-hybridized carbons (Fsp3) is 0.200. The lowest BCUT2D eigenvalue weighted by Crippen LogP contribution is -2.13. The van der Waals surface area contributed by atoms with Crippen LogP contribution in [0.25, 0.3) is 0 Å². The molecule has 0 aliphatic heterocycles. The molecule has 2 N–H and O–H groups in total. The molecule has 6 nitrogen and oxygen atoms in total. The number of hydrogen-bond acceptors (Lipinski definition) is 5. The number of aryl methyl sites for hydroxylation is 2. The first-order valence-corrected chi connectivity index (χ1v) is 5.27. The summed E-state index contributed by atoms with van der Waals surface area (Å²) >= 11 is 4.87. The average molecular weight is 249 g/mol. The second-order valence-corrected chi connectivity index (χ2v) is 3.93. The van der Waals surface area contributed by atoms with Crippen LogP contribution < -0.4 is 10.5 Å². The lowest BCUT2D eigenvalue weighted by atomic mass is 10.3. The van der Waals surface area contributed by atoms with Gasteiger partial charge in [-0.05, 0) is 13.0 Å². The molecule has 0 saturated heterocycles. The van der Waals surface area contributed by atoms with Crippen LogP contribution in [0.1, 0.15) is 11.4 Å². The summed E-state index contributed by atoms with van der Waals surface area (Å²) < 4.78 is 7.07. The van der Waals surface area contributed by atoms with Crippen molar-refractivity contribution in [3.63, 3.8) is 0 Å². The Morgan fingerprint density at radius 3 is 2.82 bits per heavy atom. The number of thiocarbonyl (C=S) groups is 1. The van der Waals surface area contributed by atoms with Crippen molar-refractivity contribution in [3.8, 4) is 11.8 Å². The van der Waals surface area contributed by atoms with Gasteiger partial charge in [-0.2, -0.15) is 10.1 Å². The van der Waals surface area contributed by atoms with Crippen molar-refractivity contribution in [3.05, 3.63) is 29.8 Å². The third-order valence-corrected chi connectivity index (χ3v) is 2.19. The number of hydrogen-bond donors (Lipinski definition) is 1. The van der Waals surface area contributed by atoms with Gasteiger partial charge in [-0.3, -0.25) is 4.68 Å². The van der Waals surface area contributed by atoms with E-state index in [0.29, 0.717) is 11.4 Å². The molecule has 2 heterocycles. The van der Waals surface area contributed by atoms with Crippen molar-refractivity contribution in [2.24, 2.45) is 12.8 Å². The number of ether oxygens (including phenoxy) is 1. The molecule has 88 valence electrons. The summed E-state index contributed by atoms with van der Waals surface area (Å²) in [4.78, 5) is 8.45. The van der Waals surface area contributed by atoms with E-state index in [4.69, 9.17) is 22.7 Å². The van der Waals surface area contributed by atoms with E-state index < -0.39 is 0 Å². The Balaban J connectivity index is 2.29. The first-order valence-electron chi connectivity index (χ1n) is 4.86. The third-order valence-electron chi connectivity index (χ3n) is 1.98. The first-order chi connectivity index (χ1) is 8.04. The Morgan fingerprint density at radius 2 is 2.24 bits per heavy atom. The molecular weight excluding hydrogens is 238 g/mol. The van der Waals surface area contributed by atoms with Gasteiger partial charge in [-0.25, -0.2) is 4.98 Å². The summed E-state index contributed by atoms with van der Waals surface area (Å²) in [5.74, 6) is 0.562. The zero-order valence-corrected chi connectivity index (χ0v) is 10.2. The molecule has 0 atom stereocenters. The van der Waals surface area contributed by atoms with E-state index in [1.54, 1.807) is 30.2 Å².